The summed E-state index contributed by atoms with van der Waals surface area (Å²) in [6, 6.07) is 28.2. The zero-order valence-corrected chi connectivity index (χ0v) is 48.4. The summed E-state index contributed by atoms with van der Waals surface area (Å²) >= 11 is 10.1. The van der Waals surface area contributed by atoms with Gasteiger partial charge in [-0.2, -0.15) is 0 Å². The van der Waals surface area contributed by atoms with Gasteiger partial charge in [0.25, 0.3) is 0 Å². The van der Waals surface area contributed by atoms with Crippen LogP contribution in [0, 0.1) is 3.57 Å². The highest BCUT2D eigenvalue weighted by Crippen LogP contribution is 2.60. The Labute approximate surface area is 441 Å². The van der Waals surface area contributed by atoms with Gasteiger partial charge >= 0.3 is 7.12 Å². The van der Waals surface area contributed by atoms with Crippen molar-refractivity contribution in [1.29, 1.82) is 0 Å². The fraction of sp³-hybridized carbons (Fsp3) is 0.533. The van der Waals surface area contributed by atoms with Gasteiger partial charge in [0.15, 0.2) is 0 Å². The molecule has 6 aromatic rings. The van der Waals surface area contributed by atoms with E-state index in [9.17, 15) is 0 Å². The summed E-state index contributed by atoms with van der Waals surface area (Å²) in [7, 11) is -0.345. The first-order valence-electron chi connectivity index (χ1n) is 26.6. The van der Waals surface area contributed by atoms with Crippen molar-refractivity contribution >= 4 is 88.8 Å². The molecule has 1 fully saturated rings. The van der Waals surface area contributed by atoms with Gasteiger partial charge < -0.3 is 18.4 Å². The molecule has 9 rings (SSSR count). The van der Waals surface area contributed by atoms with E-state index in [2.05, 4.69) is 206 Å². The second-order valence-corrected chi connectivity index (χ2v) is 24.5. The monoisotopic (exact) mass is 1150 g/mol. The van der Waals surface area contributed by atoms with Crippen LogP contribution >= 0.6 is 54.5 Å². The van der Waals surface area contributed by atoms with Gasteiger partial charge in [-0.15, -0.1) is 0 Å². The molecule has 4 nitrogen and oxygen atoms in total. The van der Waals surface area contributed by atoms with Crippen LogP contribution in [-0.4, -0.2) is 27.5 Å². The maximum Gasteiger partial charge on any atom is 0.494 e. The van der Waals surface area contributed by atoms with Gasteiger partial charge in [0.05, 0.1) is 22.6 Å². The fourth-order valence-electron chi connectivity index (χ4n) is 12.2. The third-order valence-electron chi connectivity index (χ3n) is 16.4. The summed E-state index contributed by atoms with van der Waals surface area (Å²) < 4.78 is 22.0. The molecule has 1 aliphatic heterocycles. The Balaban J connectivity index is 0.000000189. The zero-order valence-electron chi connectivity index (χ0n) is 43.1. The predicted octanol–water partition coefficient (Wildman–Crippen LogP) is 18.6. The standard InChI is InChI=1S/C33H45BBrNO2.C27H33BrIN/c1-8-11-18-33(19-12-9-2)27-22-24(35)15-17-25(27)30-29(33)26-16-14-23(21-28(26)36(30)20-13-10-3)34-37-31(4,5)32(6,7)38-34;1-4-7-14-27(15-8-5-2)23-17-19(28)10-12-21(23)26-25(27)22-13-11-20(29)18-24(22)30(26)16-9-6-3/h14-17,21-22H,8-13,18-20H2,1-7H3;10-13,17-18H,4-9,14-16H2,1-3H3. The number of nitrogens with zero attached hydrogens (tertiary/aromatic N) is 2. The fourth-order valence-corrected chi connectivity index (χ4v) is 13.3. The van der Waals surface area contributed by atoms with Gasteiger partial charge in [0.2, 0.25) is 0 Å². The van der Waals surface area contributed by atoms with Gasteiger partial charge in [-0.05, 0) is 159 Å². The lowest BCUT2D eigenvalue weighted by Gasteiger charge is -2.32. The number of halogens is 3. The van der Waals surface area contributed by atoms with Crippen LogP contribution in [0.3, 0.4) is 0 Å². The molecule has 364 valence electrons. The number of rotatable bonds is 19. The molecule has 0 bridgehead atoms. The van der Waals surface area contributed by atoms with Gasteiger partial charge in [-0.3, -0.25) is 0 Å². The quantitative estimate of drug-likeness (QED) is 0.0597. The minimum atomic E-state index is -0.347. The molecular weight excluding hydrogens is 1080 g/mol. The van der Waals surface area contributed by atoms with Gasteiger partial charge in [-0.25, -0.2) is 0 Å². The molecule has 2 aromatic heterocycles. The third-order valence-corrected chi connectivity index (χ3v) is 18.1. The normalized spacial score (nSPS) is 16.8. The minimum Gasteiger partial charge on any atom is -0.399 e. The lowest BCUT2D eigenvalue weighted by Crippen LogP contribution is -2.41. The van der Waals surface area contributed by atoms with E-state index in [0.717, 1.165) is 18.6 Å². The molecule has 0 atom stereocenters. The average Bonchev–Trinajstić information content (AvgIpc) is 4.04. The molecule has 4 aromatic carbocycles. The third kappa shape index (κ3) is 9.21. The Morgan fingerprint density at radius 3 is 1.31 bits per heavy atom. The summed E-state index contributed by atoms with van der Waals surface area (Å²) in [6.45, 7) is 24.6. The number of hydrogen-bond donors (Lipinski definition) is 0. The molecule has 8 heteroatoms. The predicted molar refractivity (Wildman–Crippen MR) is 308 cm³/mol. The number of aryl methyl sites for hydroxylation is 2. The highest BCUT2D eigenvalue weighted by Gasteiger charge is 2.52. The van der Waals surface area contributed by atoms with E-state index >= 15 is 0 Å². The Morgan fingerprint density at radius 2 is 0.897 bits per heavy atom. The van der Waals surface area contributed by atoms with Crippen LogP contribution in [0.1, 0.15) is 194 Å². The lowest BCUT2D eigenvalue weighted by atomic mass is 9.70. The Bertz CT molecular complexity index is 2720. The topological polar surface area (TPSA) is 28.3 Å². The van der Waals surface area contributed by atoms with Gasteiger partial charge in [-0.1, -0.05) is 168 Å². The zero-order chi connectivity index (χ0) is 48.6. The number of fused-ring (bicyclic) bond motifs is 10. The number of unbranched alkanes of at least 4 members (excludes halogenated alkanes) is 6. The van der Waals surface area contributed by atoms with E-state index < -0.39 is 0 Å². The van der Waals surface area contributed by atoms with Crippen molar-refractivity contribution in [3.8, 4) is 22.5 Å². The first-order valence-corrected chi connectivity index (χ1v) is 29.3. The SMILES string of the molecule is CCCCn1c2c(c3ccc(B4OC(C)(C)C(C)(C)O4)cc31)C(CCCC)(CCCC)c1cc(Br)ccc1-2.CCCCn1c2c(c3ccc(I)cc31)C(CCCC)(CCCC)c1cc(Br)ccc1-2. The van der Waals surface area contributed by atoms with Crippen molar-refractivity contribution in [2.24, 2.45) is 0 Å². The first-order chi connectivity index (χ1) is 32.7. The molecule has 1 saturated heterocycles. The van der Waals surface area contributed by atoms with E-state index in [4.69, 9.17) is 9.31 Å². The van der Waals surface area contributed by atoms with Crippen LogP contribution in [0.15, 0.2) is 81.7 Å². The van der Waals surface area contributed by atoms with Crippen molar-refractivity contribution in [3.63, 3.8) is 0 Å². The van der Waals surface area contributed by atoms with Crippen molar-refractivity contribution in [3.05, 3.63) is 108 Å². The molecule has 0 amide bonds. The Kier molecular flexibility index (Phi) is 16.3. The van der Waals surface area contributed by atoms with E-state index in [-0.39, 0.29) is 29.2 Å². The van der Waals surface area contributed by atoms with E-state index in [1.54, 1.807) is 16.7 Å². The molecule has 0 unspecified atom stereocenters. The van der Waals surface area contributed by atoms with Crippen molar-refractivity contribution in [2.45, 2.75) is 207 Å². The first kappa shape index (κ1) is 52.0. The van der Waals surface area contributed by atoms with E-state index in [0.29, 0.717) is 0 Å². The van der Waals surface area contributed by atoms with E-state index in [1.807, 2.05) is 0 Å². The van der Waals surface area contributed by atoms with Crippen molar-refractivity contribution in [2.75, 3.05) is 0 Å². The maximum absolute atomic E-state index is 6.48. The van der Waals surface area contributed by atoms with Crippen LogP contribution in [0.25, 0.3) is 44.3 Å². The van der Waals surface area contributed by atoms with Gasteiger partial charge in [0.1, 0.15) is 0 Å². The van der Waals surface area contributed by atoms with Crippen LogP contribution in [0.2, 0.25) is 0 Å². The Morgan fingerprint density at radius 1 is 0.500 bits per heavy atom. The van der Waals surface area contributed by atoms with Gasteiger partial charge in [0, 0.05) is 69.4 Å². The largest absolute Gasteiger partial charge is 0.494 e. The van der Waals surface area contributed by atoms with Crippen LogP contribution in [-0.2, 0) is 33.2 Å². The number of benzene rings is 4. The summed E-state index contributed by atoms with van der Waals surface area (Å²) in [6.07, 6.45) is 19.7. The van der Waals surface area contributed by atoms with Crippen molar-refractivity contribution in [1.82, 2.24) is 9.13 Å². The van der Waals surface area contributed by atoms with Crippen LogP contribution in [0.4, 0.5) is 0 Å². The summed E-state index contributed by atoms with van der Waals surface area (Å²) in [5.41, 5.74) is 15.6. The average molecular weight is 1160 g/mol. The number of aromatic nitrogens is 2. The Hall–Kier alpha value is -2.37. The molecule has 3 aliphatic rings. The lowest BCUT2D eigenvalue weighted by molar-refractivity contribution is 0.00578. The molecule has 0 radical (unpaired) electrons. The number of hydrogen-bond acceptors (Lipinski definition) is 2. The highest BCUT2D eigenvalue weighted by molar-refractivity contribution is 14.1. The molecular formula is C60H78BBr2IN2O2. The van der Waals surface area contributed by atoms with Crippen molar-refractivity contribution < 1.29 is 9.31 Å². The maximum atomic E-state index is 6.48. The summed E-state index contributed by atoms with van der Waals surface area (Å²) in [4.78, 5) is 0. The molecule has 0 spiro atoms. The molecule has 2 aliphatic carbocycles. The second-order valence-electron chi connectivity index (χ2n) is 21.4. The highest BCUT2D eigenvalue weighted by atomic mass is 127. The molecule has 0 saturated carbocycles. The molecule has 3 heterocycles. The smallest absolute Gasteiger partial charge is 0.399 e. The molecule has 0 N–H and O–H groups in total. The van der Waals surface area contributed by atoms with E-state index in [1.165, 1.54) is 165 Å². The minimum absolute atomic E-state index is 0.0576. The van der Waals surface area contributed by atoms with Crippen LogP contribution in [0.5, 0.6) is 0 Å². The summed E-state index contributed by atoms with van der Waals surface area (Å²) in [5, 5.41) is 2.90. The summed E-state index contributed by atoms with van der Waals surface area (Å²) in [5.74, 6) is 0. The van der Waals surface area contributed by atoms with Crippen LogP contribution < -0.4 is 5.46 Å². The second kappa shape index (κ2) is 21.4. The molecule has 68 heavy (non-hydrogen) atoms.